The molecule has 2 aromatic carbocycles. The number of aliphatic imine (C=N–C) groups is 1. The van der Waals surface area contributed by atoms with E-state index in [1.165, 1.54) is 0 Å². The highest BCUT2D eigenvalue weighted by Gasteiger charge is 2.13. The minimum atomic E-state index is -0.0116. The third-order valence-corrected chi connectivity index (χ3v) is 4.38. The van der Waals surface area contributed by atoms with Gasteiger partial charge in [0.25, 0.3) is 5.91 Å². The molecule has 1 heterocycles. The smallest absolute Gasteiger partial charge is 0.253 e. The highest BCUT2D eigenvalue weighted by molar-refractivity contribution is 14.0. The molecule has 2 aromatic rings. The first-order valence-electron chi connectivity index (χ1n) is 9.92. The lowest BCUT2D eigenvalue weighted by molar-refractivity contribution is 0.0827. The molecule has 0 atom stereocenters. The Balaban J connectivity index is 0.00000341. The van der Waals surface area contributed by atoms with Crippen LogP contribution in [0.25, 0.3) is 0 Å². The molecular weight excluding hydrogens is 511 g/mol. The molecule has 9 heteroatoms. The second-order valence-corrected chi connectivity index (χ2v) is 6.88. The van der Waals surface area contributed by atoms with E-state index in [1.54, 1.807) is 19.0 Å². The third-order valence-electron chi connectivity index (χ3n) is 4.38. The van der Waals surface area contributed by atoms with Gasteiger partial charge in [-0.1, -0.05) is 12.1 Å². The molecule has 0 aliphatic carbocycles. The Kier molecular flexibility index (Phi) is 9.70. The van der Waals surface area contributed by atoms with Crippen LogP contribution in [0, 0.1) is 0 Å². The Morgan fingerprint density at radius 1 is 1.10 bits per heavy atom. The van der Waals surface area contributed by atoms with Crippen molar-refractivity contribution in [3.63, 3.8) is 0 Å². The number of hydrogen-bond donors (Lipinski definition) is 2. The van der Waals surface area contributed by atoms with Crippen molar-refractivity contribution in [2.24, 2.45) is 4.99 Å². The number of carbonyl (C=O) groups is 1. The van der Waals surface area contributed by atoms with E-state index in [4.69, 9.17) is 14.2 Å². The summed E-state index contributed by atoms with van der Waals surface area (Å²) in [4.78, 5) is 18.1. The van der Waals surface area contributed by atoms with Gasteiger partial charge in [0.05, 0.1) is 13.1 Å². The quantitative estimate of drug-likeness (QED) is 0.232. The van der Waals surface area contributed by atoms with E-state index in [2.05, 4.69) is 15.6 Å². The van der Waals surface area contributed by atoms with Crippen LogP contribution < -0.4 is 24.8 Å². The van der Waals surface area contributed by atoms with Gasteiger partial charge in [-0.25, -0.2) is 4.99 Å². The van der Waals surface area contributed by atoms with E-state index < -0.39 is 0 Å². The fraction of sp³-hybridized carbons (Fsp3) is 0.364. The van der Waals surface area contributed by atoms with Gasteiger partial charge >= 0.3 is 0 Å². The maximum Gasteiger partial charge on any atom is 0.253 e. The van der Waals surface area contributed by atoms with Crippen LogP contribution in [0.4, 0.5) is 0 Å². The second kappa shape index (κ2) is 12.2. The molecule has 0 saturated carbocycles. The molecule has 8 nitrogen and oxygen atoms in total. The number of carbonyl (C=O) groups excluding carboxylic acids is 1. The lowest BCUT2D eigenvalue weighted by Gasteiger charge is -2.13. The zero-order valence-corrected chi connectivity index (χ0v) is 20.3. The Hall–Kier alpha value is -2.69. The largest absolute Gasteiger partial charge is 0.492 e. The number of guanidine groups is 1. The molecule has 3 rings (SSSR count). The van der Waals surface area contributed by atoms with Crippen molar-refractivity contribution < 1.29 is 19.0 Å². The van der Waals surface area contributed by atoms with E-state index in [0.717, 1.165) is 23.6 Å². The Labute approximate surface area is 200 Å². The summed E-state index contributed by atoms with van der Waals surface area (Å²) in [5.41, 5.74) is 1.69. The molecule has 0 radical (unpaired) electrons. The minimum absolute atomic E-state index is 0. The Morgan fingerprint density at radius 2 is 1.84 bits per heavy atom. The van der Waals surface area contributed by atoms with Gasteiger partial charge in [0.2, 0.25) is 6.79 Å². The molecule has 0 unspecified atom stereocenters. The standard InChI is InChI=1S/C22H28N4O4.HI/c1-4-23-22(25-14-16-5-7-17(8-6-16)21(27)26(2)3)24-11-12-28-18-9-10-19-20(13-18)30-15-29-19;/h5-10,13H,4,11-12,14-15H2,1-3H3,(H2,23,24,25);1H. The van der Waals surface area contributed by atoms with Gasteiger partial charge in [-0.05, 0) is 36.8 Å². The molecule has 1 amide bonds. The molecular formula is C22H29IN4O4. The van der Waals surface area contributed by atoms with Crippen molar-refractivity contribution in [3.05, 3.63) is 53.6 Å². The first-order valence-corrected chi connectivity index (χ1v) is 9.92. The number of halogens is 1. The van der Waals surface area contributed by atoms with Crippen LogP contribution in [-0.4, -0.2) is 57.4 Å². The van der Waals surface area contributed by atoms with Crippen LogP contribution in [-0.2, 0) is 6.54 Å². The number of amides is 1. The van der Waals surface area contributed by atoms with E-state index >= 15 is 0 Å². The topological polar surface area (TPSA) is 84.4 Å². The number of nitrogens with zero attached hydrogens (tertiary/aromatic N) is 2. The normalized spacial score (nSPS) is 12.0. The van der Waals surface area contributed by atoms with Crippen LogP contribution >= 0.6 is 24.0 Å². The van der Waals surface area contributed by atoms with Gasteiger partial charge in [0.15, 0.2) is 17.5 Å². The summed E-state index contributed by atoms with van der Waals surface area (Å²) in [7, 11) is 3.48. The highest BCUT2D eigenvalue weighted by atomic mass is 127. The Morgan fingerprint density at radius 3 is 2.55 bits per heavy atom. The Bertz CT molecular complexity index is 888. The van der Waals surface area contributed by atoms with Crippen molar-refractivity contribution in [2.75, 3.05) is 40.6 Å². The maximum atomic E-state index is 12.0. The first kappa shape index (κ1) is 24.6. The van der Waals surface area contributed by atoms with Crippen molar-refractivity contribution in [1.82, 2.24) is 15.5 Å². The number of ether oxygens (including phenoxy) is 3. The molecule has 31 heavy (non-hydrogen) atoms. The number of rotatable bonds is 8. The number of hydrogen-bond acceptors (Lipinski definition) is 5. The van der Waals surface area contributed by atoms with Crippen molar-refractivity contribution in [3.8, 4) is 17.2 Å². The predicted octanol–water partition coefficient (Wildman–Crippen LogP) is 2.87. The van der Waals surface area contributed by atoms with Gasteiger partial charge in [0.1, 0.15) is 12.4 Å². The molecule has 2 N–H and O–H groups in total. The minimum Gasteiger partial charge on any atom is -0.492 e. The molecule has 0 bridgehead atoms. The molecule has 1 aliphatic rings. The van der Waals surface area contributed by atoms with E-state index in [0.29, 0.717) is 37.0 Å². The van der Waals surface area contributed by atoms with Gasteiger partial charge in [-0.15, -0.1) is 24.0 Å². The number of nitrogens with one attached hydrogen (secondary N) is 2. The van der Waals surface area contributed by atoms with Crippen molar-refractivity contribution in [2.45, 2.75) is 13.5 Å². The van der Waals surface area contributed by atoms with Gasteiger partial charge in [-0.3, -0.25) is 4.79 Å². The van der Waals surface area contributed by atoms with Crippen molar-refractivity contribution >= 4 is 35.8 Å². The van der Waals surface area contributed by atoms with Crippen molar-refractivity contribution in [1.29, 1.82) is 0 Å². The van der Waals surface area contributed by atoms with Crippen LogP contribution in [0.5, 0.6) is 17.2 Å². The average Bonchev–Trinajstić information content (AvgIpc) is 3.22. The van der Waals surface area contributed by atoms with Crippen LogP contribution in [0.15, 0.2) is 47.5 Å². The van der Waals surface area contributed by atoms with Gasteiger partial charge in [-0.2, -0.15) is 0 Å². The number of fused-ring (bicyclic) bond motifs is 1. The lowest BCUT2D eigenvalue weighted by atomic mass is 10.1. The second-order valence-electron chi connectivity index (χ2n) is 6.88. The maximum absolute atomic E-state index is 12.0. The monoisotopic (exact) mass is 540 g/mol. The summed E-state index contributed by atoms with van der Waals surface area (Å²) >= 11 is 0. The zero-order valence-electron chi connectivity index (χ0n) is 18.0. The van der Waals surface area contributed by atoms with Crippen LogP contribution in [0.3, 0.4) is 0 Å². The van der Waals surface area contributed by atoms with E-state index in [1.807, 2.05) is 49.4 Å². The van der Waals surface area contributed by atoms with E-state index in [-0.39, 0.29) is 36.7 Å². The predicted molar refractivity (Wildman–Crippen MR) is 131 cm³/mol. The lowest BCUT2D eigenvalue weighted by Crippen LogP contribution is -2.39. The molecule has 1 aliphatic heterocycles. The molecule has 168 valence electrons. The summed E-state index contributed by atoms with van der Waals surface area (Å²) < 4.78 is 16.4. The fourth-order valence-corrected chi connectivity index (χ4v) is 2.83. The number of benzene rings is 2. The summed E-state index contributed by atoms with van der Waals surface area (Å²) in [6.07, 6.45) is 0. The molecule has 0 spiro atoms. The summed E-state index contributed by atoms with van der Waals surface area (Å²) in [6.45, 7) is 4.60. The van der Waals surface area contributed by atoms with Crippen LogP contribution in [0.2, 0.25) is 0 Å². The third kappa shape index (κ3) is 7.20. The fourth-order valence-electron chi connectivity index (χ4n) is 2.83. The summed E-state index contributed by atoms with van der Waals surface area (Å²) in [5.74, 6) is 2.87. The highest BCUT2D eigenvalue weighted by Crippen LogP contribution is 2.34. The molecule has 0 aromatic heterocycles. The van der Waals surface area contributed by atoms with E-state index in [9.17, 15) is 4.79 Å². The molecule has 0 fully saturated rings. The average molecular weight is 540 g/mol. The van der Waals surface area contributed by atoms with Gasteiger partial charge in [0, 0.05) is 32.3 Å². The SMILES string of the molecule is CCNC(=NCc1ccc(C(=O)N(C)C)cc1)NCCOc1ccc2c(c1)OCO2.I. The first-order chi connectivity index (χ1) is 14.6. The van der Waals surface area contributed by atoms with Crippen LogP contribution in [0.1, 0.15) is 22.8 Å². The summed E-state index contributed by atoms with van der Waals surface area (Å²) in [5, 5.41) is 6.47. The summed E-state index contributed by atoms with van der Waals surface area (Å²) in [6, 6.07) is 13.0. The van der Waals surface area contributed by atoms with Gasteiger partial charge < -0.3 is 29.7 Å². The zero-order chi connectivity index (χ0) is 21.3. The molecule has 0 saturated heterocycles.